The fourth-order valence-corrected chi connectivity index (χ4v) is 2.88. The summed E-state index contributed by atoms with van der Waals surface area (Å²) >= 11 is 1.78. The molecule has 3 rings (SSSR count). The Kier molecular flexibility index (Phi) is 2.56. The number of rotatable bonds is 4. The third-order valence-corrected chi connectivity index (χ3v) is 3.96. The van der Waals surface area contributed by atoms with E-state index in [1.807, 2.05) is 6.20 Å². The molecule has 0 N–H and O–H groups in total. The Bertz CT molecular complexity index is 454. The van der Waals surface area contributed by atoms with Gasteiger partial charge < -0.3 is 4.57 Å². The first-order chi connectivity index (χ1) is 7.84. The Morgan fingerprint density at radius 2 is 2.44 bits per heavy atom. The number of nitrogens with zero attached hydrogens (tertiary/aromatic N) is 2. The van der Waals surface area contributed by atoms with Crippen LogP contribution in [0.5, 0.6) is 0 Å². The fourth-order valence-electron chi connectivity index (χ4n) is 2.20. The van der Waals surface area contributed by atoms with E-state index in [2.05, 4.69) is 39.5 Å². The molecule has 2 nitrogen and oxygen atoms in total. The minimum absolute atomic E-state index is 0.521. The highest BCUT2D eigenvalue weighted by molar-refractivity contribution is 7.07. The first-order valence-corrected chi connectivity index (χ1v) is 6.82. The van der Waals surface area contributed by atoms with Crippen molar-refractivity contribution in [2.45, 2.75) is 38.1 Å². The lowest BCUT2D eigenvalue weighted by atomic mass is 10.1. The average Bonchev–Trinajstić information content (AvgIpc) is 2.82. The maximum Gasteiger partial charge on any atom is 0.112 e. The molecule has 16 heavy (non-hydrogen) atoms. The predicted octanol–water partition coefficient (Wildman–Crippen LogP) is 3.63. The van der Waals surface area contributed by atoms with E-state index >= 15 is 0 Å². The van der Waals surface area contributed by atoms with Crippen molar-refractivity contribution < 1.29 is 0 Å². The standard InChI is InChI=1S/C13H16N2S/c1-10(8-11-4-7-16-9-11)15-6-5-14-13(15)12-2-3-12/h4-7,9-10,12H,2-3,8H2,1H3/t10-/m0/s1. The first kappa shape index (κ1) is 10.1. The van der Waals surface area contributed by atoms with E-state index in [0.717, 1.165) is 12.3 Å². The van der Waals surface area contributed by atoms with Crippen LogP contribution in [0.2, 0.25) is 0 Å². The fraction of sp³-hybridized carbons (Fsp3) is 0.462. The Morgan fingerprint density at radius 3 is 3.12 bits per heavy atom. The van der Waals surface area contributed by atoms with Crippen LogP contribution in [0.4, 0.5) is 0 Å². The summed E-state index contributed by atoms with van der Waals surface area (Å²) in [5.41, 5.74) is 1.44. The van der Waals surface area contributed by atoms with Crippen LogP contribution < -0.4 is 0 Å². The molecule has 2 aromatic rings. The summed E-state index contributed by atoms with van der Waals surface area (Å²) < 4.78 is 2.36. The topological polar surface area (TPSA) is 17.8 Å². The third kappa shape index (κ3) is 1.92. The van der Waals surface area contributed by atoms with Crippen molar-refractivity contribution in [3.8, 4) is 0 Å². The van der Waals surface area contributed by atoms with Crippen molar-refractivity contribution >= 4 is 11.3 Å². The molecule has 2 heterocycles. The lowest BCUT2D eigenvalue weighted by Crippen LogP contribution is -2.10. The summed E-state index contributed by atoms with van der Waals surface area (Å²) in [4.78, 5) is 4.49. The van der Waals surface area contributed by atoms with Crippen LogP contribution in [-0.2, 0) is 6.42 Å². The van der Waals surface area contributed by atoms with Gasteiger partial charge in [-0.25, -0.2) is 4.98 Å². The predicted molar refractivity (Wildman–Crippen MR) is 66.9 cm³/mol. The van der Waals surface area contributed by atoms with Crippen LogP contribution in [-0.4, -0.2) is 9.55 Å². The van der Waals surface area contributed by atoms with Crippen molar-refractivity contribution in [3.05, 3.63) is 40.6 Å². The zero-order valence-corrected chi connectivity index (χ0v) is 10.3. The van der Waals surface area contributed by atoms with E-state index in [1.165, 1.54) is 24.2 Å². The average molecular weight is 232 g/mol. The van der Waals surface area contributed by atoms with Crippen LogP contribution in [0.3, 0.4) is 0 Å². The highest BCUT2D eigenvalue weighted by Gasteiger charge is 2.28. The molecule has 3 heteroatoms. The number of thiophene rings is 1. The van der Waals surface area contributed by atoms with Crippen LogP contribution in [0, 0.1) is 0 Å². The molecule has 1 atom stereocenters. The van der Waals surface area contributed by atoms with Gasteiger partial charge in [-0.1, -0.05) is 0 Å². The molecule has 0 amide bonds. The van der Waals surface area contributed by atoms with Gasteiger partial charge in [-0.05, 0) is 48.6 Å². The Morgan fingerprint density at radius 1 is 1.56 bits per heavy atom. The van der Waals surface area contributed by atoms with E-state index in [9.17, 15) is 0 Å². The van der Waals surface area contributed by atoms with Crippen molar-refractivity contribution in [1.82, 2.24) is 9.55 Å². The van der Waals surface area contributed by atoms with Crippen LogP contribution >= 0.6 is 11.3 Å². The second-order valence-corrected chi connectivity index (χ2v) is 5.43. The van der Waals surface area contributed by atoms with E-state index in [-0.39, 0.29) is 0 Å². The molecule has 1 fully saturated rings. The minimum Gasteiger partial charge on any atom is -0.332 e. The van der Waals surface area contributed by atoms with Crippen LogP contribution in [0.1, 0.15) is 43.1 Å². The molecule has 0 bridgehead atoms. The SMILES string of the molecule is C[C@@H](Cc1ccsc1)n1ccnc1C1CC1. The minimum atomic E-state index is 0.521. The summed E-state index contributed by atoms with van der Waals surface area (Å²) in [6.07, 6.45) is 7.83. The molecule has 1 saturated carbocycles. The maximum atomic E-state index is 4.49. The van der Waals surface area contributed by atoms with Gasteiger partial charge in [0.2, 0.25) is 0 Å². The second kappa shape index (κ2) is 4.06. The summed E-state index contributed by atoms with van der Waals surface area (Å²) in [5, 5.41) is 4.39. The highest BCUT2D eigenvalue weighted by Crippen LogP contribution is 2.40. The van der Waals surface area contributed by atoms with Gasteiger partial charge >= 0.3 is 0 Å². The summed E-state index contributed by atoms with van der Waals surface area (Å²) in [6.45, 7) is 2.28. The van der Waals surface area contributed by atoms with Gasteiger partial charge in [0.1, 0.15) is 5.82 Å². The van der Waals surface area contributed by atoms with Gasteiger partial charge in [0.25, 0.3) is 0 Å². The smallest absolute Gasteiger partial charge is 0.112 e. The monoisotopic (exact) mass is 232 g/mol. The molecule has 0 aromatic carbocycles. The van der Waals surface area contributed by atoms with Gasteiger partial charge in [0, 0.05) is 24.4 Å². The molecule has 0 unspecified atom stereocenters. The number of hydrogen-bond donors (Lipinski definition) is 0. The van der Waals surface area contributed by atoms with Crippen molar-refractivity contribution in [2.24, 2.45) is 0 Å². The highest BCUT2D eigenvalue weighted by atomic mass is 32.1. The lowest BCUT2D eigenvalue weighted by Gasteiger charge is -2.15. The Labute approximate surface area is 100.0 Å². The van der Waals surface area contributed by atoms with Gasteiger partial charge in [-0.15, -0.1) is 0 Å². The second-order valence-electron chi connectivity index (χ2n) is 4.65. The number of hydrogen-bond acceptors (Lipinski definition) is 2. The van der Waals surface area contributed by atoms with Gasteiger partial charge in [0.15, 0.2) is 0 Å². The molecular formula is C13H16N2S. The molecule has 84 valence electrons. The summed E-state index contributed by atoms with van der Waals surface area (Å²) in [6, 6.07) is 2.74. The van der Waals surface area contributed by atoms with E-state index in [1.54, 1.807) is 11.3 Å². The zero-order valence-electron chi connectivity index (χ0n) is 9.47. The number of imidazole rings is 1. The molecule has 0 radical (unpaired) electrons. The van der Waals surface area contributed by atoms with Crippen molar-refractivity contribution in [2.75, 3.05) is 0 Å². The first-order valence-electron chi connectivity index (χ1n) is 5.88. The third-order valence-electron chi connectivity index (χ3n) is 3.23. The maximum absolute atomic E-state index is 4.49. The molecule has 0 spiro atoms. The van der Waals surface area contributed by atoms with E-state index in [0.29, 0.717) is 6.04 Å². The quantitative estimate of drug-likeness (QED) is 0.787. The lowest BCUT2D eigenvalue weighted by molar-refractivity contribution is 0.522. The zero-order chi connectivity index (χ0) is 11.0. The molecule has 0 aliphatic heterocycles. The summed E-state index contributed by atoms with van der Waals surface area (Å²) in [5.74, 6) is 2.03. The molecule has 0 saturated heterocycles. The molecule has 1 aliphatic rings. The number of aromatic nitrogens is 2. The Balaban J connectivity index is 1.78. The van der Waals surface area contributed by atoms with Gasteiger partial charge in [-0.2, -0.15) is 11.3 Å². The normalized spacial score (nSPS) is 17.6. The van der Waals surface area contributed by atoms with Crippen molar-refractivity contribution in [1.29, 1.82) is 0 Å². The Hall–Kier alpha value is -1.09. The van der Waals surface area contributed by atoms with E-state index in [4.69, 9.17) is 0 Å². The van der Waals surface area contributed by atoms with Crippen LogP contribution in [0.15, 0.2) is 29.2 Å². The molecule has 1 aliphatic carbocycles. The summed E-state index contributed by atoms with van der Waals surface area (Å²) in [7, 11) is 0. The van der Waals surface area contributed by atoms with E-state index < -0.39 is 0 Å². The molecular weight excluding hydrogens is 216 g/mol. The van der Waals surface area contributed by atoms with Crippen LogP contribution in [0.25, 0.3) is 0 Å². The van der Waals surface area contributed by atoms with Gasteiger partial charge in [-0.3, -0.25) is 0 Å². The largest absolute Gasteiger partial charge is 0.332 e. The van der Waals surface area contributed by atoms with Crippen molar-refractivity contribution in [3.63, 3.8) is 0 Å². The van der Waals surface area contributed by atoms with Gasteiger partial charge in [0.05, 0.1) is 0 Å². The molecule has 2 aromatic heterocycles.